The highest BCUT2D eigenvalue weighted by Gasteiger charge is 2.23. The zero-order valence-corrected chi connectivity index (χ0v) is 11.1. The fourth-order valence-corrected chi connectivity index (χ4v) is 2.88. The molecule has 1 atom stereocenters. The van der Waals surface area contributed by atoms with E-state index in [9.17, 15) is 0 Å². The van der Waals surface area contributed by atoms with Crippen LogP contribution in [0.15, 0.2) is 18.3 Å². The van der Waals surface area contributed by atoms with Crippen LogP contribution in [0.1, 0.15) is 19.2 Å². The summed E-state index contributed by atoms with van der Waals surface area (Å²) in [6.07, 6.45) is 4.20. The molecule has 4 nitrogen and oxygen atoms in total. The van der Waals surface area contributed by atoms with Crippen LogP contribution in [0.25, 0.3) is 11.2 Å². The number of hydrogen-bond acceptors (Lipinski definition) is 3. The van der Waals surface area contributed by atoms with Crippen LogP contribution in [-0.4, -0.2) is 39.1 Å². The molecule has 1 fully saturated rings. The van der Waals surface area contributed by atoms with Gasteiger partial charge in [0.05, 0.1) is 0 Å². The molecular formula is C14H20N4. The van der Waals surface area contributed by atoms with Crippen molar-refractivity contribution in [2.75, 3.05) is 19.6 Å². The number of aromatic nitrogens is 3. The maximum absolute atomic E-state index is 4.71. The highest BCUT2D eigenvalue weighted by atomic mass is 15.1. The van der Waals surface area contributed by atoms with E-state index in [4.69, 9.17) is 4.98 Å². The number of nitrogens with zero attached hydrogens (tertiary/aromatic N) is 4. The van der Waals surface area contributed by atoms with Gasteiger partial charge in [-0.15, -0.1) is 0 Å². The lowest BCUT2D eigenvalue weighted by molar-refractivity contribution is 0.340. The van der Waals surface area contributed by atoms with Gasteiger partial charge in [0.2, 0.25) is 0 Å². The number of likely N-dealkylation sites (tertiary alicyclic amines) is 1. The molecule has 4 heteroatoms. The molecule has 1 unspecified atom stereocenters. The second-order valence-electron chi connectivity index (χ2n) is 5.19. The third kappa shape index (κ3) is 2.01. The summed E-state index contributed by atoms with van der Waals surface area (Å²) < 4.78 is 2.14. The maximum atomic E-state index is 4.71. The van der Waals surface area contributed by atoms with Gasteiger partial charge in [-0.25, -0.2) is 9.97 Å². The van der Waals surface area contributed by atoms with Gasteiger partial charge in [0.1, 0.15) is 11.3 Å². The second kappa shape index (κ2) is 4.69. The number of fused-ring (bicyclic) bond motifs is 1. The first kappa shape index (κ1) is 11.7. The summed E-state index contributed by atoms with van der Waals surface area (Å²) in [5, 5.41) is 0. The Hall–Kier alpha value is -1.42. The first-order valence-electron chi connectivity index (χ1n) is 6.76. The van der Waals surface area contributed by atoms with E-state index in [1.165, 1.54) is 31.9 Å². The van der Waals surface area contributed by atoms with Crippen molar-refractivity contribution < 1.29 is 0 Å². The quantitative estimate of drug-likeness (QED) is 0.826. The minimum absolute atomic E-state index is 0.750. The smallest absolute Gasteiger partial charge is 0.159 e. The molecule has 1 aliphatic heterocycles. The summed E-state index contributed by atoms with van der Waals surface area (Å²) >= 11 is 0. The van der Waals surface area contributed by atoms with Crippen LogP contribution < -0.4 is 0 Å². The Morgan fingerprint density at radius 1 is 1.44 bits per heavy atom. The molecule has 0 radical (unpaired) electrons. The molecule has 0 amide bonds. The lowest BCUT2D eigenvalue weighted by Gasteiger charge is -2.12. The predicted octanol–water partition coefficient (Wildman–Crippen LogP) is 1.85. The second-order valence-corrected chi connectivity index (χ2v) is 5.19. The average Bonchev–Trinajstić information content (AvgIpc) is 2.97. The third-order valence-corrected chi connectivity index (χ3v) is 4.01. The zero-order valence-electron chi connectivity index (χ0n) is 11.1. The van der Waals surface area contributed by atoms with E-state index in [0.717, 1.165) is 23.5 Å². The van der Waals surface area contributed by atoms with Gasteiger partial charge >= 0.3 is 0 Å². The van der Waals surface area contributed by atoms with Crippen LogP contribution in [0.5, 0.6) is 0 Å². The minimum Gasteiger partial charge on any atom is -0.316 e. The number of imidazole rings is 1. The van der Waals surface area contributed by atoms with E-state index < -0.39 is 0 Å². The molecule has 96 valence electrons. The van der Waals surface area contributed by atoms with Gasteiger partial charge in [0.15, 0.2) is 5.65 Å². The van der Waals surface area contributed by atoms with Crippen molar-refractivity contribution in [3.8, 4) is 0 Å². The summed E-state index contributed by atoms with van der Waals surface area (Å²) in [5.74, 6) is 1.92. The van der Waals surface area contributed by atoms with Crippen molar-refractivity contribution in [1.29, 1.82) is 0 Å². The standard InChI is InChI=1S/C14H20N4/c1-3-18-8-6-11(10-18)9-13-16-12-5-4-7-15-14(12)17(13)2/h4-5,7,11H,3,6,8-10H2,1-2H3. The van der Waals surface area contributed by atoms with E-state index in [1.807, 2.05) is 18.3 Å². The molecule has 0 N–H and O–H groups in total. The van der Waals surface area contributed by atoms with E-state index in [1.54, 1.807) is 0 Å². The van der Waals surface area contributed by atoms with E-state index >= 15 is 0 Å². The Bertz CT molecular complexity index is 546. The summed E-state index contributed by atoms with van der Waals surface area (Å²) in [6, 6.07) is 3.99. The molecule has 2 aromatic rings. The van der Waals surface area contributed by atoms with E-state index in [-0.39, 0.29) is 0 Å². The molecule has 1 saturated heterocycles. The van der Waals surface area contributed by atoms with Gasteiger partial charge in [-0.05, 0) is 37.6 Å². The Labute approximate surface area is 108 Å². The molecule has 0 bridgehead atoms. The van der Waals surface area contributed by atoms with Crippen molar-refractivity contribution in [1.82, 2.24) is 19.4 Å². The minimum atomic E-state index is 0.750. The molecule has 0 aromatic carbocycles. The first-order valence-corrected chi connectivity index (χ1v) is 6.76. The van der Waals surface area contributed by atoms with Crippen molar-refractivity contribution >= 4 is 11.2 Å². The fourth-order valence-electron chi connectivity index (χ4n) is 2.88. The van der Waals surface area contributed by atoms with E-state index in [0.29, 0.717) is 0 Å². The fraction of sp³-hybridized carbons (Fsp3) is 0.571. The van der Waals surface area contributed by atoms with Crippen LogP contribution in [0.2, 0.25) is 0 Å². The summed E-state index contributed by atoms with van der Waals surface area (Å²) in [7, 11) is 2.07. The maximum Gasteiger partial charge on any atom is 0.159 e. The molecule has 1 aliphatic rings. The monoisotopic (exact) mass is 244 g/mol. The predicted molar refractivity (Wildman–Crippen MR) is 72.4 cm³/mol. The Balaban J connectivity index is 1.81. The number of aryl methyl sites for hydroxylation is 1. The molecule has 0 spiro atoms. The van der Waals surface area contributed by atoms with Gasteiger partial charge in [-0.2, -0.15) is 0 Å². The van der Waals surface area contributed by atoms with Crippen LogP contribution in [-0.2, 0) is 13.5 Å². The average molecular weight is 244 g/mol. The molecule has 3 rings (SSSR count). The Morgan fingerprint density at radius 3 is 3.06 bits per heavy atom. The highest BCUT2D eigenvalue weighted by Crippen LogP contribution is 2.21. The SMILES string of the molecule is CCN1CCC(Cc2nc3cccnc3n2C)C1. The first-order chi connectivity index (χ1) is 8.78. The molecule has 2 aromatic heterocycles. The zero-order chi connectivity index (χ0) is 12.5. The molecule has 18 heavy (non-hydrogen) atoms. The molecule has 0 aliphatic carbocycles. The Kier molecular flexibility index (Phi) is 3.04. The summed E-state index contributed by atoms with van der Waals surface area (Å²) in [4.78, 5) is 11.6. The van der Waals surface area contributed by atoms with Crippen molar-refractivity contribution in [3.05, 3.63) is 24.2 Å². The normalized spacial score (nSPS) is 20.9. The lowest BCUT2D eigenvalue weighted by Crippen LogP contribution is -2.20. The number of pyridine rings is 1. The lowest BCUT2D eigenvalue weighted by atomic mass is 10.0. The topological polar surface area (TPSA) is 34.0 Å². The summed E-state index contributed by atoms with van der Waals surface area (Å²) in [6.45, 7) is 5.86. The van der Waals surface area contributed by atoms with Gasteiger partial charge in [-0.3, -0.25) is 0 Å². The van der Waals surface area contributed by atoms with Gasteiger partial charge in [0.25, 0.3) is 0 Å². The Morgan fingerprint density at radius 2 is 2.33 bits per heavy atom. The van der Waals surface area contributed by atoms with Crippen LogP contribution in [0.3, 0.4) is 0 Å². The van der Waals surface area contributed by atoms with Crippen LogP contribution >= 0.6 is 0 Å². The van der Waals surface area contributed by atoms with Gasteiger partial charge < -0.3 is 9.47 Å². The van der Waals surface area contributed by atoms with Gasteiger partial charge in [-0.1, -0.05) is 6.92 Å². The number of rotatable bonds is 3. The molecule has 0 saturated carbocycles. The molecule has 3 heterocycles. The largest absolute Gasteiger partial charge is 0.316 e. The molecular weight excluding hydrogens is 224 g/mol. The summed E-state index contributed by atoms with van der Waals surface area (Å²) in [5.41, 5.74) is 2.01. The van der Waals surface area contributed by atoms with Crippen molar-refractivity contribution in [2.45, 2.75) is 19.8 Å². The highest BCUT2D eigenvalue weighted by molar-refractivity contribution is 5.70. The van der Waals surface area contributed by atoms with Crippen molar-refractivity contribution in [2.24, 2.45) is 13.0 Å². The van der Waals surface area contributed by atoms with Crippen LogP contribution in [0.4, 0.5) is 0 Å². The third-order valence-electron chi connectivity index (χ3n) is 4.01. The van der Waals surface area contributed by atoms with Crippen molar-refractivity contribution in [3.63, 3.8) is 0 Å². The number of hydrogen-bond donors (Lipinski definition) is 0. The van der Waals surface area contributed by atoms with E-state index in [2.05, 4.69) is 28.4 Å². The van der Waals surface area contributed by atoms with Crippen LogP contribution in [0, 0.1) is 5.92 Å². The van der Waals surface area contributed by atoms with Gasteiger partial charge in [0, 0.05) is 26.2 Å².